The van der Waals surface area contributed by atoms with Crippen molar-refractivity contribution < 1.29 is 4.79 Å². The van der Waals surface area contributed by atoms with Crippen LogP contribution in [-0.4, -0.2) is 20.0 Å². The summed E-state index contributed by atoms with van der Waals surface area (Å²) in [7, 11) is 3.79. The summed E-state index contributed by atoms with van der Waals surface area (Å²) in [5.74, 6) is -0.284. The van der Waals surface area contributed by atoms with Crippen LogP contribution in [0.15, 0.2) is 48.5 Å². The molecule has 110 valence electrons. The normalized spacial score (nSPS) is 11.8. The molecule has 2 rings (SSSR count). The lowest BCUT2D eigenvalue weighted by molar-refractivity contribution is -0.116. The lowest BCUT2D eigenvalue weighted by Gasteiger charge is -2.19. The van der Waals surface area contributed by atoms with E-state index in [0.717, 1.165) is 11.3 Å². The van der Waals surface area contributed by atoms with E-state index in [2.05, 4.69) is 5.32 Å². The minimum Gasteiger partial charge on any atom is -0.376 e. The van der Waals surface area contributed by atoms with Crippen molar-refractivity contribution in [1.29, 1.82) is 0 Å². The van der Waals surface area contributed by atoms with Crippen molar-refractivity contribution in [2.24, 2.45) is 0 Å². The standard InChI is InChI=1S/C16H16Cl2N2O/c1-20(2)14-9-8-12(17)10-13(14)19-16(21)15(18)11-6-4-3-5-7-11/h3-10,15H,1-2H3,(H,19,21). The molecule has 0 saturated heterocycles. The number of hydrogen-bond donors (Lipinski definition) is 1. The number of carbonyl (C=O) groups is 1. The number of halogens is 2. The van der Waals surface area contributed by atoms with E-state index >= 15 is 0 Å². The van der Waals surface area contributed by atoms with E-state index in [1.165, 1.54) is 0 Å². The van der Waals surface area contributed by atoms with E-state index < -0.39 is 5.38 Å². The average molecular weight is 323 g/mol. The van der Waals surface area contributed by atoms with Crippen molar-refractivity contribution in [3.8, 4) is 0 Å². The molecule has 5 heteroatoms. The van der Waals surface area contributed by atoms with Gasteiger partial charge in [0.15, 0.2) is 0 Å². The smallest absolute Gasteiger partial charge is 0.247 e. The van der Waals surface area contributed by atoms with Crippen molar-refractivity contribution in [3.05, 3.63) is 59.1 Å². The van der Waals surface area contributed by atoms with Crippen molar-refractivity contribution in [3.63, 3.8) is 0 Å². The molecule has 0 aliphatic heterocycles. The Hall–Kier alpha value is -1.71. The Labute approximate surface area is 134 Å². The second kappa shape index (κ2) is 6.83. The molecule has 0 heterocycles. The molecule has 2 aromatic rings. The topological polar surface area (TPSA) is 32.3 Å². The summed E-state index contributed by atoms with van der Waals surface area (Å²) in [5.41, 5.74) is 2.26. The number of hydrogen-bond acceptors (Lipinski definition) is 2. The quantitative estimate of drug-likeness (QED) is 0.850. The fourth-order valence-electron chi connectivity index (χ4n) is 1.97. The number of amides is 1. The van der Waals surface area contributed by atoms with Crippen LogP contribution in [0.25, 0.3) is 0 Å². The molecule has 3 nitrogen and oxygen atoms in total. The predicted molar refractivity (Wildman–Crippen MR) is 89.4 cm³/mol. The fraction of sp³-hybridized carbons (Fsp3) is 0.188. The number of anilines is 2. The third-order valence-corrected chi connectivity index (χ3v) is 3.71. The molecule has 0 aliphatic rings. The molecule has 1 unspecified atom stereocenters. The summed E-state index contributed by atoms with van der Waals surface area (Å²) in [5, 5.41) is 2.64. The van der Waals surface area contributed by atoms with Crippen LogP contribution in [0.5, 0.6) is 0 Å². The van der Waals surface area contributed by atoms with Gasteiger partial charge in [-0.2, -0.15) is 0 Å². The highest BCUT2D eigenvalue weighted by Gasteiger charge is 2.19. The molecule has 2 aromatic carbocycles. The molecule has 0 fully saturated rings. The van der Waals surface area contributed by atoms with E-state index in [1.54, 1.807) is 12.1 Å². The number of carbonyl (C=O) groups excluding carboxylic acids is 1. The first-order valence-electron chi connectivity index (χ1n) is 6.46. The van der Waals surface area contributed by atoms with Crippen LogP contribution >= 0.6 is 23.2 Å². The maximum atomic E-state index is 12.3. The number of nitrogens with zero attached hydrogens (tertiary/aromatic N) is 1. The monoisotopic (exact) mass is 322 g/mol. The Morgan fingerprint density at radius 3 is 2.43 bits per heavy atom. The highest BCUT2D eigenvalue weighted by atomic mass is 35.5. The summed E-state index contributed by atoms with van der Waals surface area (Å²) in [6, 6.07) is 14.6. The van der Waals surface area contributed by atoms with Gasteiger partial charge in [0.25, 0.3) is 0 Å². The van der Waals surface area contributed by atoms with Gasteiger partial charge in [-0.1, -0.05) is 41.9 Å². The van der Waals surface area contributed by atoms with Gasteiger partial charge >= 0.3 is 0 Å². The first kappa shape index (κ1) is 15.7. The number of nitrogens with one attached hydrogen (secondary N) is 1. The van der Waals surface area contributed by atoms with Crippen LogP contribution in [-0.2, 0) is 4.79 Å². The van der Waals surface area contributed by atoms with E-state index in [1.807, 2.05) is 55.4 Å². The third kappa shape index (κ3) is 3.90. The molecule has 0 aromatic heterocycles. The molecule has 0 saturated carbocycles. The average Bonchev–Trinajstić information content (AvgIpc) is 2.47. The minimum atomic E-state index is -0.750. The van der Waals surface area contributed by atoms with Crippen molar-refractivity contribution in [2.75, 3.05) is 24.3 Å². The van der Waals surface area contributed by atoms with E-state index in [-0.39, 0.29) is 5.91 Å². The largest absolute Gasteiger partial charge is 0.376 e. The molecule has 0 spiro atoms. The van der Waals surface area contributed by atoms with Crippen LogP contribution in [0.3, 0.4) is 0 Å². The lowest BCUT2D eigenvalue weighted by atomic mass is 10.1. The highest BCUT2D eigenvalue weighted by Crippen LogP contribution is 2.30. The van der Waals surface area contributed by atoms with Crippen LogP contribution in [0, 0.1) is 0 Å². The zero-order valence-electron chi connectivity index (χ0n) is 11.8. The van der Waals surface area contributed by atoms with Gasteiger partial charge in [-0.3, -0.25) is 4.79 Å². The Kier molecular flexibility index (Phi) is 5.10. The van der Waals surface area contributed by atoms with Gasteiger partial charge in [0.2, 0.25) is 5.91 Å². The van der Waals surface area contributed by atoms with Gasteiger partial charge < -0.3 is 10.2 Å². The van der Waals surface area contributed by atoms with Gasteiger partial charge in [0, 0.05) is 19.1 Å². The molecular formula is C16H16Cl2N2O. The molecule has 1 N–H and O–H groups in total. The van der Waals surface area contributed by atoms with Gasteiger partial charge in [-0.05, 0) is 23.8 Å². The molecular weight excluding hydrogens is 307 g/mol. The first-order valence-corrected chi connectivity index (χ1v) is 7.27. The highest BCUT2D eigenvalue weighted by molar-refractivity contribution is 6.33. The van der Waals surface area contributed by atoms with E-state index in [0.29, 0.717) is 10.7 Å². The maximum absolute atomic E-state index is 12.3. The van der Waals surface area contributed by atoms with Crippen molar-refractivity contribution in [2.45, 2.75) is 5.38 Å². The van der Waals surface area contributed by atoms with Gasteiger partial charge in [0.1, 0.15) is 5.38 Å². The van der Waals surface area contributed by atoms with Gasteiger partial charge in [-0.25, -0.2) is 0 Å². The minimum absolute atomic E-state index is 0.284. The van der Waals surface area contributed by atoms with Crippen LogP contribution in [0.4, 0.5) is 11.4 Å². The summed E-state index contributed by atoms with van der Waals surface area (Å²) in [6.07, 6.45) is 0. The summed E-state index contributed by atoms with van der Waals surface area (Å²) in [4.78, 5) is 14.2. The van der Waals surface area contributed by atoms with Crippen molar-refractivity contribution >= 4 is 40.5 Å². The van der Waals surface area contributed by atoms with Crippen LogP contribution in [0.2, 0.25) is 5.02 Å². The summed E-state index contributed by atoms with van der Waals surface area (Å²) in [6.45, 7) is 0. The molecule has 0 bridgehead atoms. The molecule has 21 heavy (non-hydrogen) atoms. The zero-order chi connectivity index (χ0) is 15.4. The lowest BCUT2D eigenvalue weighted by Crippen LogP contribution is -2.20. The Morgan fingerprint density at radius 1 is 1.14 bits per heavy atom. The predicted octanol–water partition coefficient (Wildman–Crippen LogP) is 4.32. The SMILES string of the molecule is CN(C)c1ccc(Cl)cc1NC(=O)C(Cl)c1ccccc1. The zero-order valence-corrected chi connectivity index (χ0v) is 13.3. The molecule has 0 aliphatic carbocycles. The number of alkyl halides is 1. The Balaban J connectivity index is 2.22. The van der Waals surface area contributed by atoms with E-state index in [9.17, 15) is 4.79 Å². The van der Waals surface area contributed by atoms with Gasteiger partial charge in [0.05, 0.1) is 11.4 Å². The third-order valence-electron chi connectivity index (χ3n) is 3.02. The number of rotatable bonds is 4. The second-order valence-corrected chi connectivity index (χ2v) is 5.69. The Morgan fingerprint density at radius 2 is 1.81 bits per heavy atom. The molecule has 1 amide bonds. The van der Waals surface area contributed by atoms with E-state index in [4.69, 9.17) is 23.2 Å². The van der Waals surface area contributed by atoms with Gasteiger partial charge in [-0.15, -0.1) is 11.6 Å². The second-order valence-electron chi connectivity index (χ2n) is 4.82. The Bertz CT molecular complexity index is 629. The van der Waals surface area contributed by atoms with Crippen molar-refractivity contribution in [1.82, 2.24) is 0 Å². The maximum Gasteiger partial charge on any atom is 0.247 e. The van der Waals surface area contributed by atoms with Crippen LogP contribution in [0.1, 0.15) is 10.9 Å². The summed E-state index contributed by atoms with van der Waals surface area (Å²) < 4.78 is 0. The summed E-state index contributed by atoms with van der Waals surface area (Å²) >= 11 is 12.2. The fourth-order valence-corrected chi connectivity index (χ4v) is 2.34. The number of benzene rings is 2. The first-order chi connectivity index (χ1) is 9.99. The molecule has 1 atom stereocenters. The molecule has 0 radical (unpaired) electrons. The van der Waals surface area contributed by atoms with Crippen LogP contribution < -0.4 is 10.2 Å².